The molecule has 0 spiro atoms. The summed E-state index contributed by atoms with van der Waals surface area (Å²) in [6.07, 6.45) is 1.66. The molecule has 0 fully saturated rings. The number of hydrogen-bond donors (Lipinski definition) is 1. The molecular weight excluding hydrogens is 382 g/mol. The summed E-state index contributed by atoms with van der Waals surface area (Å²) in [5, 5.41) is 3.34. The van der Waals surface area contributed by atoms with Crippen molar-refractivity contribution in [1.82, 2.24) is 0 Å². The highest BCUT2D eigenvalue weighted by atomic mass is 79.9. The van der Waals surface area contributed by atoms with Gasteiger partial charge in [0.2, 0.25) is 0 Å². The van der Waals surface area contributed by atoms with Crippen molar-refractivity contribution in [1.29, 1.82) is 0 Å². The van der Waals surface area contributed by atoms with Gasteiger partial charge in [-0.2, -0.15) is 0 Å². The van der Waals surface area contributed by atoms with Crippen molar-refractivity contribution in [2.24, 2.45) is 0 Å². The molecule has 1 N–H and O–H groups in total. The maximum Gasteiger partial charge on any atom is 0.262 e. The molecule has 0 heterocycles. The van der Waals surface area contributed by atoms with Crippen LogP contribution in [0.25, 0.3) is 0 Å². The smallest absolute Gasteiger partial charge is 0.262 e. The maximum absolute atomic E-state index is 12.0. The summed E-state index contributed by atoms with van der Waals surface area (Å²) in [6.45, 7) is 3.88. The largest absolute Gasteiger partial charge is 0.489 e. The van der Waals surface area contributed by atoms with Crippen LogP contribution in [-0.2, 0) is 4.79 Å². The molecule has 0 aromatic heterocycles. The van der Waals surface area contributed by atoms with E-state index in [1.807, 2.05) is 0 Å². The fourth-order valence-corrected chi connectivity index (χ4v) is 2.55. The van der Waals surface area contributed by atoms with Crippen LogP contribution in [0.15, 0.2) is 59.6 Å². The molecule has 23 heavy (non-hydrogen) atoms. The minimum Gasteiger partial charge on any atom is -0.489 e. The number of halogens is 2. The number of carbonyl (C=O) groups excluding carboxylic acids is 1. The lowest BCUT2D eigenvalue weighted by atomic mass is 10.3. The van der Waals surface area contributed by atoms with Crippen molar-refractivity contribution in [2.75, 3.05) is 18.5 Å². The standard InChI is InChI=1S/C17H15BrClNO3/c1-2-8-22-14-5-3-4-13(10-14)20-17(21)11-23-16-7-6-12(19)9-15(16)18/h2-7,9-10H,1,8,11H2,(H,20,21). The zero-order chi connectivity index (χ0) is 16.7. The molecule has 0 aliphatic rings. The van der Waals surface area contributed by atoms with Gasteiger partial charge in [-0.25, -0.2) is 0 Å². The highest BCUT2D eigenvalue weighted by molar-refractivity contribution is 9.10. The molecule has 0 saturated carbocycles. The van der Waals surface area contributed by atoms with E-state index in [0.29, 0.717) is 33.3 Å². The van der Waals surface area contributed by atoms with E-state index in [1.165, 1.54) is 0 Å². The first-order chi connectivity index (χ1) is 11.1. The highest BCUT2D eigenvalue weighted by Crippen LogP contribution is 2.28. The van der Waals surface area contributed by atoms with Gasteiger partial charge in [-0.05, 0) is 46.3 Å². The molecule has 0 bridgehead atoms. The molecule has 4 nitrogen and oxygen atoms in total. The number of carbonyl (C=O) groups is 1. The lowest BCUT2D eigenvalue weighted by Gasteiger charge is -2.10. The van der Waals surface area contributed by atoms with Gasteiger partial charge in [0, 0.05) is 16.8 Å². The van der Waals surface area contributed by atoms with Crippen LogP contribution >= 0.6 is 27.5 Å². The van der Waals surface area contributed by atoms with Gasteiger partial charge in [0.15, 0.2) is 6.61 Å². The van der Waals surface area contributed by atoms with E-state index in [2.05, 4.69) is 27.8 Å². The molecule has 0 aliphatic carbocycles. The predicted molar refractivity (Wildman–Crippen MR) is 95.4 cm³/mol. The Bertz CT molecular complexity index is 706. The monoisotopic (exact) mass is 395 g/mol. The van der Waals surface area contributed by atoms with E-state index in [4.69, 9.17) is 21.1 Å². The summed E-state index contributed by atoms with van der Waals surface area (Å²) in [7, 11) is 0. The fraction of sp³-hybridized carbons (Fsp3) is 0.118. The van der Waals surface area contributed by atoms with Crippen LogP contribution in [0.2, 0.25) is 5.02 Å². The Morgan fingerprint density at radius 3 is 2.83 bits per heavy atom. The van der Waals surface area contributed by atoms with Gasteiger partial charge in [-0.1, -0.05) is 30.3 Å². The second-order valence-corrected chi connectivity index (χ2v) is 5.83. The zero-order valence-corrected chi connectivity index (χ0v) is 14.6. The van der Waals surface area contributed by atoms with Crippen molar-refractivity contribution in [3.63, 3.8) is 0 Å². The van der Waals surface area contributed by atoms with Gasteiger partial charge in [0.05, 0.1) is 4.47 Å². The SMILES string of the molecule is C=CCOc1cccc(NC(=O)COc2ccc(Cl)cc2Br)c1. The van der Waals surface area contributed by atoms with Crippen LogP contribution in [0.4, 0.5) is 5.69 Å². The van der Waals surface area contributed by atoms with Crippen molar-refractivity contribution >= 4 is 39.1 Å². The first kappa shape index (κ1) is 17.4. The third-order valence-electron chi connectivity index (χ3n) is 2.74. The van der Waals surface area contributed by atoms with Crippen molar-refractivity contribution < 1.29 is 14.3 Å². The van der Waals surface area contributed by atoms with E-state index in [0.717, 1.165) is 0 Å². The van der Waals surface area contributed by atoms with E-state index in [1.54, 1.807) is 48.5 Å². The molecule has 2 aromatic rings. The molecule has 0 unspecified atom stereocenters. The van der Waals surface area contributed by atoms with Gasteiger partial charge in [0.25, 0.3) is 5.91 Å². The summed E-state index contributed by atoms with van der Waals surface area (Å²) in [5.41, 5.74) is 0.635. The normalized spacial score (nSPS) is 10.0. The predicted octanol–water partition coefficient (Wildman–Crippen LogP) is 4.68. The van der Waals surface area contributed by atoms with Gasteiger partial charge in [-0.15, -0.1) is 0 Å². The Balaban J connectivity index is 1.90. The fourth-order valence-electron chi connectivity index (χ4n) is 1.75. The molecular formula is C17H15BrClNO3. The molecule has 0 saturated heterocycles. The molecule has 6 heteroatoms. The molecule has 0 atom stereocenters. The van der Waals surface area contributed by atoms with Crippen LogP contribution in [0, 0.1) is 0 Å². The molecule has 2 aromatic carbocycles. The number of benzene rings is 2. The number of amides is 1. The Morgan fingerprint density at radius 1 is 1.26 bits per heavy atom. The number of hydrogen-bond acceptors (Lipinski definition) is 3. The highest BCUT2D eigenvalue weighted by Gasteiger charge is 2.07. The topological polar surface area (TPSA) is 47.6 Å². The Hall–Kier alpha value is -1.98. The van der Waals surface area contributed by atoms with Gasteiger partial charge in [0.1, 0.15) is 18.1 Å². The van der Waals surface area contributed by atoms with Crippen molar-refractivity contribution in [3.8, 4) is 11.5 Å². The molecule has 0 radical (unpaired) electrons. The second-order valence-electron chi connectivity index (χ2n) is 4.54. The van der Waals surface area contributed by atoms with E-state index >= 15 is 0 Å². The quantitative estimate of drug-likeness (QED) is 0.691. The van der Waals surface area contributed by atoms with Crippen LogP contribution in [0.1, 0.15) is 0 Å². The second kappa shape index (κ2) is 8.60. The summed E-state index contributed by atoms with van der Waals surface area (Å²) < 4.78 is 11.6. The molecule has 1 amide bonds. The van der Waals surface area contributed by atoms with E-state index in [-0.39, 0.29) is 12.5 Å². The van der Waals surface area contributed by atoms with Gasteiger partial charge < -0.3 is 14.8 Å². The molecule has 2 rings (SSSR count). The van der Waals surface area contributed by atoms with Crippen LogP contribution in [0.3, 0.4) is 0 Å². The summed E-state index contributed by atoms with van der Waals surface area (Å²) in [6, 6.07) is 12.2. The number of ether oxygens (including phenoxy) is 2. The lowest BCUT2D eigenvalue weighted by molar-refractivity contribution is -0.118. The minimum atomic E-state index is -0.271. The first-order valence-electron chi connectivity index (χ1n) is 6.80. The summed E-state index contributed by atoms with van der Waals surface area (Å²) >= 11 is 9.19. The van der Waals surface area contributed by atoms with E-state index in [9.17, 15) is 4.79 Å². The summed E-state index contributed by atoms with van der Waals surface area (Å²) in [5.74, 6) is 0.935. The third-order valence-corrected chi connectivity index (χ3v) is 3.59. The Morgan fingerprint density at radius 2 is 2.09 bits per heavy atom. The van der Waals surface area contributed by atoms with Crippen LogP contribution < -0.4 is 14.8 Å². The van der Waals surface area contributed by atoms with Crippen molar-refractivity contribution in [2.45, 2.75) is 0 Å². The summed E-state index contributed by atoms with van der Waals surface area (Å²) in [4.78, 5) is 12.0. The van der Waals surface area contributed by atoms with Crippen LogP contribution in [0.5, 0.6) is 11.5 Å². The average molecular weight is 397 g/mol. The minimum absolute atomic E-state index is 0.113. The number of nitrogens with one attached hydrogen (secondary N) is 1. The number of rotatable bonds is 7. The zero-order valence-electron chi connectivity index (χ0n) is 12.2. The Labute approximate surface area is 148 Å². The van der Waals surface area contributed by atoms with Crippen molar-refractivity contribution in [3.05, 3.63) is 64.6 Å². The molecule has 0 aliphatic heterocycles. The van der Waals surface area contributed by atoms with E-state index < -0.39 is 0 Å². The third kappa shape index (κ3) is 5.62. The van der Waals surface area contributed by atoms with Crippen LogP contribution in [-0.4, -0.2) is 19.1 Å². The number of anilines is 1. The average Bonchev–Trinajstić information content (AvgIpc) is 2.52. The lowest BCUT2D eigenvalue weighted by Crippen LogP contribution is -2.20. The van der Waals surface area contributed by atoms with Gasteiger partial charge in [-0.3, -0.25) is 4.79 Å². The molecule has 120 valence electrons. The van der Waals surface area contributed by atoms with Gasteiger partial charge >= 0.3 is 0 Å². The Kier molecular flexibility index (Phi) is 6.50. The first-order valence-corrected chi connectivity index (χ1v) is 7.97. The maximum atomic E-state index is 12.0.